The van der Waals surface area contributed by atoms with E-state index in [4.69, 9.17) is 12.8 Å². The zero-order valence-electron chi connectivity index (χ0n) is 10.2. The molecule has 1 aromatic carbocycles. The highest BCUT2D eigenvalue weighted by Crippen LogP contribution is 2.36. The van der Waals surface area contributed by atoms with Crippen molar-refractivity contribution in [3.8, 4) is 30.4 Å². The summed E-state index contributed by atoms with van der Waals surface area (Å²) < 4.78 is 0. The summed E-state index contributed by atoms with van der Waals surface area (Å²) in [5.74, 6) is 5.14. The largest absolute Gasteiger partial charge is 0.506 e. The zero-order valence-corrected chi connectivity index (χ0v) is 10.2. The van der Waals surface area contributed by atoms with Crippen LogP contribution in [0.25, 0.3) is 0 Å². The lowest BCUT2D eigenvalue weighted by Crippen LogP contribution is -2.13. The summed E-state index contributed by atoms with van der Waals surface area (Å²) in [6.45, 7) is 7.98. The first kappa shape index (κ1) is 12.2. The fourth-order valence-corrected chi connectivity index (χ4v) is 1.71. The lowest BCUT2D eigenvalue weighted by molar-refractivity contribution is 0.445. The summed E-state index contributed by atoms with van der Waals surface area (Å²) in [5, 5.41) is 10.1. The summed E-state index contributed by atoms with van der Waals surface area (Å²) in [4.78, 5) is 0. The minimum Gasteiger partial charge on any atom is -0.506 e. The third-order valence-corrected chi connectivity index (χ3v) is 2.59. The maximum atomic E-state index is 10.1. The van der Waals surface area contributed by atoms with Crippen LogP contribution in [0.2, 0.25) is 0 Å². The molecule has 0 aliphatic rings. The van der Waals surface area contributed by atoms with Crippen molar-refractivity contribution >= 4 is 0 Å². The molecule has 0 fully saturated rings. The summed E-state index contributed by atoms with van der Waals surface area (Å²) in [6, 6.07) is 1.91. The highest BCUT2D eigenvalue weighted by Gasteiger charge is 2.22. The minimum atomic E-state index is -0.159. The Morgan fingerprint density at radius 1 is 1.12 bits per heavy atom. The van der Waals surface area contributed by atoms with E-state index in [2.05, 4.69) is 11.8 Å². The SMILES string of the molecule is C#Cc1c(C)cc(C(C)(C)C)c(O)c1C#C. The number of rotatable bonds is 0. The Bertz CT molecular complexity index is 502. The predicted octanol–water partition coefficient (Wildman–Crippen LogP) is 2.96. The topological polar surface area (TPSA) is 20.2 Å². The molecule has 0 aliphatic heterocycles. The van der Waals surface area contributed by atoms with E-state index in [0.29, 0.717) is 11.1 Å². The van der Waals surface area contributed by atoms with E-state index >= 15 is 0 Å². The minimum absolute atomic E-state index is 0.133. The highest BCUT2D eigenvalue weighted by molar-refractivity contribution is 5.63. The molecule has 16 heavy (non-hydrogen) atoms. The Morgan fingerprint density at radius 3 is 2.00 bits per heavy atom. The van der Waals surface area contributed by atoms with Crippen molar-refractivity contribution in [2.24, 2.45) is 0 Å². The van der Waals surface area contributed by atoms with Gasteiger partial charge < -0.3 is 5.11 Å². The van der Waals surface area contributed by atoms with Gasteiger partial charge in [0.15, 0.2) is 0 Å². The molecule has 0 unspecified atom stereocenters. The Hall–Kier alpha value is -1.86. The molecule has 0 saturated carbocycles. The number of terminal acetylenes is 2. The van der Waals surface area contributed by atoms with Gasteiger partial charge in [-0.3, -0.25) is 0 Å². The van der Waals surface area contributed by atoms with Gasteiger partial charge in [0, 0.05) is 11.1 Å². The van der Waals surface area contributed by atoms with Crippen LogP contribution in [0.15, 0.2) is 6.07 Å². The smallest absolute Gasteiger partial charge is 0.136 e. The maximum absolute atomic E-state index is 10.1. The molecular weight excluding hydrogens is 196 g/mol. The molecule has 0 aliphatic carbocycles. The number of aromatic hydroxyl groups is 1. The lowest BCUT2D eigenvalue weighted by atomic mass is 9.82. The summed E-state index contributed by atoms with van der Waals surface area (Å²) in [6.07, 6.45) is 10.8. The van der Waals surface area contributed by atoms with E-state index in [1.165, 1.54) is 0 Å². The Balaban J connectivity index is 3.70. The van der Waals surface area contributed by atoms with E-state index in [0.717, 1.165) is 11.1 Å². The molecule has 1 N–H and O–H groups in total. The fraction of sp³-hybridized carbons (Fsp3) is 0.333. The van der Waals surface area contributed by atoms with Crippen molar-refractivity contribution in [3.63, 3.8) is 0 Å². The number of phenols is 1. The van der Waals surface area contributed by atoms with Crippen LogP contribution in [0.1, 0.15) is 43.0 Å². The molecule has 0 amide bonds. The standard InChI is InChI=1S/C15H16O/c1-7-11-10(3)9-13(15(4,5)6)14(16)12(11)8-2/h1-2,9,16H,3-6H3. The van der Waals surface area contributed by atoms with Gasteiger partial charge in [0.2, 0.25) is 0 Å². The molecule has 0 saturated heterocycles. The van der Waals surface area contributed by atoms with Crippen LogP contribution in [-0.4, -0.2) is 5.11 Å². The molecule has 0 heterocycles. The van der Waals surface area contributed by atoms with E-state index in [1.807, 2.05) is 33.8 Å². The molecule has 1 nitrogen and oxygen atoms in total. The zero-order chi connectivity index (χ0) is 12.5. The number of benzene rings is 1. The van der Waals surface area contributed by atoms with Gasteiger partial charge in [-0.15, -0.1) is 12.8 Å². The summed E-state index contributed by atoms with van der Waals surface area (Å²) >= 11 is 0. The fourth-order valence-electron chi connectivity index (χ4n) is 1.71. The van der Waals surface area contributed by atoms with Gasteiger partial charge in [-0.2, -0.15) is 0 Å². The highest BCUT2D eigenvalue weighted by atomic mass is 16.3. The van der Waals surface area contributed by atoms with Gasteiger partial charge in [-0.25, -0.2) is 0 Å². The lowest BCUT2D eigenvalue weighted by Gasteiger charge is -2.22. The van der Waals surface area contributed by atoms with Crippen LogP contribution in [0.4, 0.5) is 0 Å². The van der Waals surface area contributed by atoms with Gasteiger partial charge in [0.1, 0.15) is 5.75 Å². The van der Waals surface area contributed by atoms with Gasteiger partial charge in [0.25, 0.3) is 0 Å². The molecule has 1 heteroatoms. The van der Waals surface area contributed by atoms with Crippen LogP contribution in [0, 0.1) is 31.6 Å². The third kappa shape index (κ3) is 1.90. The number of phenolic OH excluding ortho intramolecular Hbond substituents is 1. The predicted molar refractivity (Wildman–Crippen MR) is 67.4 cm³/mol. The van der Waals surface area contributed by atoms with Crippen molar-refractivity contribution in [2.45, 2.75) is 33.1 Å². The second-order valence-electron chi connectivity index (χ2n) is 4.88. The van der Waals surface area contributed by atoms with Gasteiger partial charge >= 0.3 is 0 Å². The van der Waals surface area contributed by atoms with E-state index in [-0.39, 0.29) is 11.2 Å². The van der Waals surface area contributed by atoms with Crippen LogP contribution in [0.5, 0.6) is 5.75 Å². The van der Waals surface area contributed by atoms with E-state index in [9.17, 15) is 5.11 Å². The first-order chi connectivity index (χ1) is 7.32. The number of hydrogen-bond acceptors (Lipinski definition) is 1. The maximum Gasteiger partial charge on any atom is 0.136 e. The van der Waals surface area contributed by atoms with Gasteiger partial charge in [0.05, 0.1) is 5.56 Å². The van der Waals surface area contributed by atoms with E-state index in [1.54, 1.807) is 0 Å². The molecule has 0 atom stereocenters. The van der Waals surface area contributed by atoms with Crippen molar-refractivity contribution in [2.75, 3.05) is 0 Å². The van der Waals surface area contributed by atoms with Gasteiger partial charge in [-0.05, 0) is 17.9 Å². The second-order valence-corrected chi connectivity index (χ2v) is 4.88. The van der Waals surface area contributed by atoms with Crippen molar-refractivity contribution in [1.29, 1.82) is 0 Å². The van der Waals surface area contributed by atoms with E-state index < -0.39 is 0 Å². The van der Waals surface area contributed by atoms with Crippen LogP contribution >= 0.6 is 0 Å². The average molecular weight is 212 g/mol. The van der Waals surface area contributed by atoms with Crippen molar-refractivity contribution in [1.82, 2.24) is 0 Å². The van der Waals surface area contributed by atoms with Crippen LogP contribution in [-0.2, 0) is 5.41 Å². The molecule has 1 aromatic rings. The average Bonchev–Trinajstić information content (AvgIpc) is 2.18. The number of hydrogen-bond donors (Lipinski definition) is 1. The molecule has 0 radical (unpaired) electrons. The van der Waals surface area contributed by atoms with Gasteiger partial charge in [-0.1, -0.05) is 38.7 Å². The normalized spacial score (nSPS) is 10.6. The Morgan fingerprint density at radius 2 is 1.62 bits per heavy atom. The summed E-state index contributed by atoms with van der Waals surface area (Å²) in [5.41, 5.74) is 2.63. The first-order valence-corrected chi connectivity index (χ1v) is 5.13. The quantitative estimate of drug-likeness (QED) is 0.655. The van der Waals surface area contributed by atoms with Crippen molar-refractivity contribution < 1.29 is 5.11 Å². The third-order valence-electron chi connectivity index (χ3n) is 2.59. The number of aryl methyl sites for hydroxylation is 1. The van der Waals surface area contributed by atoms with Crippen LogP contribution < -0.4 is 0 Å². The summed E-state index contributed by atoms with van der Waals surface area (Å²) in [7, 11) is 0. The van der Waals surface area contributed by atoms with Crippen LogP contribution in [0.3, 0.4) is 0 Å². The molecule has 0 bridgehead atoms. The molecule has 1 rings (SSSR count). The Labute approximate surface area is 97.5 Å². The molecule has 0 aromatic heterocycles. The Kier molecular flexibility index (Phi) is 3.02. The molecule has 82 valence electrons. The monoisotopic (exact) mass is 212 g/mol. The first-order valence-electron chi connectivity index (χ1n) is 5.13. The van der Waals surface area contributed by atoms with Crippen molar-refractivity contribution in [3.05, 3.63) is 28.3 Å². The molecule has 0 spiro atoms. The second kappa shape index (κ2) is 3.95. The molecular formula is C15H16O.